The molecule has 0 aliphatic rings. The molecule has 0 atom stereocenters. The van der Waals surface area contributed by atoms with Gasteiger partial charge in [-0.2, -0.15) is 0 Å². The summed E-state index contributed by atoms with van der Waals surface area (Å²) in [6.07, 6.45) is 0. The topological polar surface area (TPSA) is 80.9 Å². The maximum Gasteiger partial charge on any atom is 0.121 e. The Morgan fingerprint density at radius 3 is 1.37 bits per heavy atom. The molecule has 100 valence electrons. The van der Waals surface area contributed by atoms with Crippen LogP contribution in [0.25, 0.3) is 0 Å². The molecule has 2 aromatic rings. The van der Waals surface area contributed by atoms with Crippen LogP contribution in [-0.2, 0) is 0 Å². The second kappa shape index (κ2) is 4.51. The second-order valence-corrected chi connectivity index (χ2v) is 9.36. The minimum Gasteiger partial charge on any atom is -0.508 e. The Morgan fingerprint density at radius 1 is 0.684 bits per heavy atom. The minimum atomic E-state index is -2.31. The van der Waals surface area contributed by atoms with E-state index in [1.54, 1.807) is 12.1 Å². The summed E-state index contributed by atoms with van der Waals surface area (Å²) in [4.78, 5) is 0. The summed E-state index contributed by atoms with van der Waals surface area (Å²) >= 11 is 0. The number of hydrogen-bond donors (Lipinski definition) is 4. The number of aromatic hydroxyl groups is 4. The molecule has 19 heavy (non-hydrogen) atoms. The monoisotopic (exact) mass is 276 g/mol. The highest BCUT2D eigenvalue weighted by Gasteiger charge is 2.31. The van der Waals surface area contributed by atoms with Gasteiger partial charge < -0.3 is 20.4 Å². The van der Waals surface area contributed by atoms with E-state index in [0.29, 0.717) is 10.4 Å². The van der Waals surface area contributed by atoms with Gasteiger partial charge in [-0.3, -0.25) is 0 Å². The quantitative estimate of drug-likeness (QED) is 0.624. The van der Waals surface area contributed by atoms with Crippen LogP contribution >= 0.6 is 0 Å². The lowest BCUT2D eigenvalue weighted by molar-refractivity contribution is 0.453. The molecule has 2 aromatic carbocycles. The van der Waals surface area contributed by atoms with Gasteiger partial charge in [0.2, 0.25) is 0 Å². The van der Waals surface area contributed by atoms with Gasteiger partial charge in [0.25, 0.3) is 0 Å². The van der Waals surface area contributed by atoms with E-state index >= 15 is 0 Å². The Kier molecular flexibility index (Phi) is 3.16. The third-order valence-electron chi connectivity index (χ3n) is 3.31. The van der Waals surface area contributed by atoms with E-state index in [1.165, 1.54) is 24.3 Å². The van der Waals surface area contributed by atoms with E-state index < -0.39 is 8.07 Å². The summed E-state index contributed by atoms with van der Waals surface area (Å²) in [5, 5.41) is 40.1. The number of phenols is 4. The van der Waals surface area contributed by atoms with E-state index in [4.69, 9.17) is 0 Å². The fraction of sp³-hybridized carbons (Fsp3) is 0.143. The SMILES string of the molecule is C[Si](C)(c1ccc(O)cc1O)c1ccc(O)cc1O. The molecule has 2 rings (SSSR count). The Morgan fingerprint density at radius 2 is 1.05 bits per heavy atom. The average molecular weight is 276 g/mol. The molecule has 0 saturated carbocycles. The van der Waals surface area contributed by atoms with Gasteiger partial charge in [0.15, 0.2) is 0 Å². The smallest absolute Gasteiger partial charge is 0.121 e. The molecule has 0 aliphatic carbocycles. The first-order valence-electron chi connectivity index (χ1n) is 5.87. The van der Waals surface area contributed by atoms with E-state index in [-0.39, 0.29) is 23.0 Å². The molecule has 0 radical (unpaired) electrons. The van der Waals surface area contributed by atoms with Crippen molar-refractivity contribution in [3.8, 4) is 23.0 Å². The van der Waals surface area contributed by atoms with Crippen LogP contribution in [0.1, 0.15) is 0 Å². The first kappa shape index (κ1) is 13.3. The van der Waals surface area contributed by atoms with Gasteiger partial charge in [-0.1, -0.05) is 25.2 Å². The minimum absolute atomic E-state index is 0.000906. The third-order valence-corrected chi connectivity index (χ3v) is 6.85. The number of phenolic OH excluding ortho intramolecular Hbond substituents is 4. The van der Waals surface area contributed by atoms with Gasteiger partial charge in [-0.15, -0.1) is 0 Å². The molecular formula is C14H16O4Si. The number of benzene rings is 2. The molecule has 0 fully saturated rings. The van der Waals surface area contributed by atoms with Crippen LogP contribution in [0.3, 0.4) is 0 Å². The van der Waals surface area contributed by atoms with E-state index in [9.17, 15) is 20.4 Å². The van der Waals surface area contributed by atoms with Crippen LogP contribution in [0, 0.1) is 0 Å². The summed E-state index contributed by atoms with van der Waals surface area (Å²) < 4.78 is 0. The molecule has 5 heteroatoms. The molecule has 0 unspecified atom stereocenters. The Balaban J connectivity index is 2.58. The fourth-order valence-electron chi connectivity index (χ4n) is 2.24. The zero-order valence-corrected chi connectivity index (χ0v) is 11.8. The fourth-order valence-corrected chi connectivity index (χ4v) is 4.96. The van der Waals surface area contributed by atoms with E-state index in [1.807, 2.05) is 13.1 Å². The van der Waals surface area contributed by atoms with Crippen molar-refractivity contribution in [3.63, 3.8) is 0 Å². The first-order chi connectivity index (χ1) is 8.82. The van der Waals surface area contributed by atoms with Crippen LogP contribution in [0.2, 0.25) is 13.1 Å². The molecule has 0 aliphatic heterocycles. The number of hydrogen-bond acceptors (Lipinski definition) is 4. The van der Waals surface area contributed by atoms with Crippen LogP contribution in [0.5, 0.6) is 23.0 Å². The van der Waals surface area contributed by atoms with Gasteiger partial charge in [-0.25, -0.2) is 0 Å². The maximum absolute atomic E-state index is 9.98. The highest BCUT2D eigenvalue weighted by molar-refractivity contribution is 7.01. The van der Waals surface area contributed by atoms with Crippen LogP contribution in [0.4, 0.5) is 0 Å². The van der Waals surface area contributed by atoms with Gasteiger partial charge in [0.05, 0.1) is 0 Å². The molecule has 4 N–H and O–H groups in total. The molecule has 0 amide bonds. The third kappa shape index (κ3) is 2.37. The second-order valence-electron chi connectivity index (χ2n) is 5.03. The molecular weight excluding hydrogens is 260 g/mol. The zero-order valence-electron chi connectivity index (χ0n) is 10.8. The van der Waals surface area contributed by atoms with Crippen molar-refractivity contribution in [1.29, 1.82) is 0 Å². The first-order valence-corrected chi connectivity index (χ1v) is 8.87. The summed E-state index contributed by atoms with van der Waals surface area (Å²) in [5.74, 6) is 0.0373. The largest absolute Gasteiger partial charge is 0.508 e. The average Bonchev–Trinajstić information content (AvgIpc) is 2.27. The van der Waals surface area contributed by atoms with Crippen LogP contribution in [-0.4, -0.2) is 28.5 Å². The molecule has 0 bridgehead atoms. The van der Waals surface area contributed by atoms with Gasteiger partial charge in [0.1, 0.15) is 31.1 Å². The van der Waals surface area contributed by atoms with Gasteiger partial charge in [0, 0.05) is 12.1 Å². The summed E-state index contributed by atoms with van der Waals surface area (Å²) in [6, 6.07) is 8.96. The number of rotatable bonds is 2. The lowest BCUT2D eigenvalue weighted by atomic mass is 10.3. The highest BCUT2D eigenvalue weighted by Crippen LogP contribution is 2.23. The molecule has 0 saturated heterocycles. The van der Waals surface area contributed by atoms with Crippen molar-refractivity contribution in [1.82, 2.24) is 0 Å². The summed E-state index contributed by atoms with van der Waals surface area (Å²) in [5.41, 5.74) is 0. The Hall–Kier alpha value is -2.14. The van der Waals surface area contributed by atoms with Crippen molar-refractivity contribution in [2.24, 2.45) is 0 Å². The van der Waals surface area contributed by atoms with Crippen LogP contribution < -0.4 is 10.4 Å². The van der Waals surface area contributed by atoms with Crippen molar-refractivity contribution in [2.45, 2.75) is 13.1 Å². The summed E-state index contributed by atoms with van der Waals surface area (Å²) in [6.45, 7) is 3.95. The molecule has 0 heterocycles. The Labute approximate surface area is 112 Å². The van der Waals surface area contributed by atoms with Crippen molar-refractivity contribution in [3.05, 3.63) is 36.4 Å². The predicted molar refractivity (Wildman–Crippen MR) is 76.3 cm³/mol. The van der Waals surface area contributed by atoms with Crippen molar-refractivity contribution >= 4 is 18.4 Å². The molecule has 0 aromatic heterocycles. The molecule has 4 nitrogen and oxygen atoms in total. The van der Waals surface area contributed by atoms with E-state index in [0.717, 1.165) is 0 Å². The molecule has 0 spiro atoms. The van der Waals surface area contributed by atoms with Gasteiger partial charge >= 0.3 is 0 Å². The van der Waals surface area contributed by atoms with Crippen LogP contribution in [0.15, 0.2) is 36.4 Å². The van der Waals surface area contributed by atoms with Crippen molar-refractivity contribution < 1.29 is 20.4 Å². The lowest BCUT2D eigenvalue weighted by Gasteiger charge is -2.25. The normalized spacial score (nSPS) is 11.5. The highest BCUT2D eigenvalue weighted by atomic mass is 28.3. The predicted octanol–water partition coefficient (Wildman–Crippen LogP) is 1.33. The summed E-state index contributed by atoms with van der Waals surface area (Å²) in [7, 11) is -2.31. The van der Waals surface area contributed by atoms with Gasteiger partial charge in [-0.05, 0) is 22.5 Å². The van der Waals surface area contributed by atoms with Crippen molar-refractivity contribution in [2.75, 3.05) is 0 Å². The standard InChI is InChI=1S/C14H16O4Si/c1-19(2,13-5-3-9(15)7-11(13)17)14-6-4-10(16)8-12(14)18/h3-8,15-18H,1-2H3. The lowest BCUT2D eigenvalue weighted by Crippen LogP contribution is -2.52. The Bertz CT molecular complexity index is 569. The zero-order chi connectivity index (χ0) is 14.2. The van der Waals surface area contributed by atoms with E-state index in [2.05, 4.69) is 0 Å². The maximum atomic E-state index is 9.98.